The molecule has 0 aromatic rings. The lowest BCUT2D eigenvalue weighted by atomic mass is 10.0. The van der Waals surface area contributed by atoms with Crippen LogP contribution in [0.5, 0.6) is 0 Å². The maximum Gasteiger partial charge on any atom is 0.306 e. The van der Waals surface area contributed by atoms with Crippen molar-refractivity contribution in [3.05, 3.63) is 97.2 Å². The second-order valence-corrected chi connectivity index (χ2v) is 20.9. The molecule has 430 valence electrons. The molecule has 0 aliphatic heterocycles. The van der Waals surface area contributed by atoms with Crippen molar-refractivity contribution < 1.29 is 28.6 Å². The molecule has 1 unspecified atom stereocenters. The highest BCUT2D eigenvalue weighted by Crippen LogP contribution is 2.16. The van der Waals surface area contributed by atoms with Gasteiger partial charge >= 0.3 is 17.9 Å². The van der Waals surface area contributed by atoms with Gasteiger partial charge in [0.1, 0.15) is 13.2 Å². The van der Waals surface area contributed by atoms with Crippen molar-refractivity contribution in [3.63, 3.8) is 0 Å². The monoisotopic (exact) mass is 1040 g/mol. The molecule has 0 bridgehead atoms. The minimum Gasteiger partial charge on any atom is -0.462 e. The normalized spacial score (nSPS) is 12.7. The van der Waals surface area contributed by atoms with Crippen molar-refractivity contribution in [1.29, 1.82) is 0 Å². The van der Waals surface area contributed by atoms with Gasteiger partial charge in [-0.2, -0.15) is 0 Å². The Bertz CT molecular complexity index is 1480. The van der Waals surface area contributed by atoms with Crippen LogP contribution >= 0.6 is 0 Å². The standard InChI is InChI=1S/C69H118O6/c1-4-7-10-13-16-19-22-25-27-28-29-30-31-32-33-34-35-36-37-38-39-40-42-44-47-50-53-56-59-62-68(71)74-65-66(64-73-67(70)61-58-55-52-49-46-43-24-21-18-15-12-9-6-3)75-69(72)63-60-57-54-51-48-45-41-26-23-20-17-14-11-8-5-2/h7,10,12,15-17,19-21,24-27,29-30,41,66H,4-6,8-9,11,13-14,18,22-23,28,31-40,42-65H2,1-3H3/b10-7-,15-12-,19-16-,20-17-,24-21-,27-25-,30-29-,41-26-. The molecule has 6 nitrogen and oxygen atoms in total. The molecule has 0 aliphatic rings. The van der Waals surface area contributed by atoms with Gasteiger partial charge in [0.15, 0.2) is 6.10 Å². The second-order valence-electron chi connectivity index (χ2n) is 20.9. The maximum absolute atomic E-state index is 12.9. The predicted molar refractivity (Wildman–Crippen MR) is 325 cm³/mol. The van der Waals surface area contributed by atoms with E-state index in [0.29, 0.717) is 19.3 Å². The van der Waals surface area contributed by atoms with Gasteiger partial charge in [-0.15, -0.1) is 0 Å². The van der Waals surface area contributed by atoms with Crippen LogP contribution in [-0.2, 0) is 28.6 Å². The molecule has 0 aromatic heterocycles. The Morgan fingerprint density at radius 3 is 0.867 bits per heavy atom. The SMILES string of the molecule is CC/C=C\C/C=C\C/C=C\C/C=C\CCCCCCCCCCCCCCCCCCC(=O)OCC(COC(=O)CCCCCCC/C=C\C/C=C\CCC)OC(=O)CCCCCCC/C=C\C/C=C\CCCCC. The highest BCUT2D eigenvalue weighted by Gasteiger charge is 2.19. The number of esters is 3. The summed E-state index contributed by atoms with van der Waals surface area (Å²) < 4.78 is 16.9. The molecule has 0 saturated carbocycles. The molecule has 0 rings (SSSR count). The molecule has 1 atom stereocenters. The molecule has 0 aromatic carbocycles. The minimum atomic E-state index is -0.790. The summed E-state index contributed by atoms with van der Waals surface area (Å²) in [6, 6.07) is 0. The summed E-state index contributed by atoms with van der Waals surface area (Å²) in [6.45, 7) is 6.43. The number of hydrogen-bond donors (Lipinski definition) is 0. The molecule has 0 aliphatic carbocycles. The van der Waals surface area contributed by atoms with Crippen molar-refractivity contribution in [1.82, 2.24) is 0 Å². The van der Waals surface area contributed by atoms with Crippen LogP contribution in [0, 0.1) is 0 Å². The summed E-state index contributed by atoms with van der Waals surface area (Å²) in [6.07, 6.45) is 84.2. The zero-order valence-electron chi connectivity index (χ0n) is 49.3. The van der Waals surface area contributed by atoms with Crippen molar-refractivity contribution in [3.8, 4) is 0 Å². The van der Waals surface area contributed by atoms with Crippen molar-refractivity contribution >= 4 is 17.9 Å². The van der Waals surface area contributed by atoms with Crippen LogP contribution < -0.4 is 0 Å². The van der Waals surface area contributed by atoms with Crippen LogP contribution in [0.1, 0.15) is 303 Å². The van der Waals surface area contributed by atoms with E-state index in [1.165, 1.54) is 122 Å². The van der Waals surface area contributed by atoms with Gasteiger partial charge in [-0.3, -0.25) is 14.4 Å². The van der Waals surface area contributed by atoms with Crippen LogP contribution in [0.4, 0.5) is 0 Å². The van der Waals surface area contributed by atoms with Crippen LogP contribution in [0.25, 0.3) is 0 Å². The van der Waals surface area contributed by atoms with E-state index in [0.717, 1.165) is 141 Å². The summed E-state index contributed by atoms with van der Waals surface area (Å²) >= 11 is 0. The van der Waals surface area contributed by atoms with E-state index in [4.69, 9.17) is 14.2 Å². The molecular formula is C69H118O6. The molecule has 0 spiro atoms. The van der Waals surface area contributed by atoms with E-state index in [9.17, 15) is 14.4 Å². The molecule has 75 heavy (non-hydrogen) atoms. The predicted octanol–water partition coefficient (Wildman–Crippen LogP) is 21.7. The highest BCUT2D eigenvalue weighted by molar-refractivity contribution is 5.71. The van der Waals surface area contributed by atoms with E-state index >= 15 is 0 Å². The number of ether oxygens (including phenoxy) is 3. The molecular weight excluding hydrogens is 925 g/mol. The average molecular weight is 1040 g/mol. The Kier molecular flexibility index (Phi) is 59.8. The van der Waals surface area contributed by atoms with Gasteiger partial charge in [0.2, 0.25) is 0 Å². The van der Waals surface area contributed by atoms with Crippen molar-refractivity contribution in [2.24, 2.45) is 0 Å². The molecule has 0 radical (unpaired) electrons. The van der Waals surface area contributed by atoms with Crippen LogP contribution in [0.3, 0.4) is 0 Å². The van der Waals surface area contributed by atoms with Crippen LogP contribution in [0.15, 0.2) is 97.2 Å². The zero-order valence-corrected chi connectivity index (χ0v) is 49.3. The largest absolute Gasteiger partial charge is 0.462 e. The smallest absolute Gasteiger partial charge is 0.306 e. The van der Waals surface area contributed by atoms with E-state index < -0.39 is 6.10 Å². The summed E-state index contributed by atoms with van der Waals surface area (Å²) in [5.41, 5.74) is 0. The molecule has 0 heterocycles. The van der Waals surface area contributed by atoms with E-state index in [2.05, 4.69) is 118 Å². The summed E-state index contributed by atoms with van der Waals surface area (Å²) in [5, 5.41) is 0. The lowest BCUT2D eigenvalue weighted by molar-refractivity contribution is -0.167. The first-order chi connectivity index (χ1) is 37.0. The first-order valence-corrected chi connectivity index (χ1v) is 31.7. The lowest BCUT2D eigenvalue weighted by Gasteiger charge is -2.18. The summed E-state index contributed by atoms with van der Waals surface area (Å²) in [4.78, 5) is 38.2. The number of rotatable bonds is 57. The van der Waals surface area contributed by atoms with Gasteiger partial charge in [0, 0.05) is 19.3 Å². The maximum atomic E-state index is 12.9. The van der Waals surface area contributed by atoms with E-state index in [1.807, 2.05) is 0 Å². The zero-order chi connectivity index (χ0) is 54.3. The van der Waals surface area contributed by atoms with E-state index in [-0.39, 0.29) is 31.1 Å². The number of unbranched alkanes of at least 4 members (excludes halogenated alkanes) is 30. The van der Waals surface area contributed by atoms with Crippen LogP contribution in [0.2, 0.25) is 0 Å². The number of carbonyl (C=O) groups is 3. The fourth-order valence-electron chi connectivity index (χ4n) is 8.80. The Morgan fingerprint density at radius 1 is 0.280 bits per heavy atom. The van der Waals surface area contributed by atoms with Gasteiger partial charge in [0.05, 0.1) is 0 Å². The molecule has 0 saturated heterocycles. The van der Waals surface area contributed by atoms with Crippen molar-refractivity contribution in [2.75, 3.05) is 13.2 Å². The van der Waals surface area contributed by atoms with Crippen molar-refractivity contribution in [2.45, 2.75) is 309 Å². The molecule has 0 N–H and O–H groups in total. The number of carbonyl (C=O) groups excluding carboxylic acids is 3. The summed E-state index contributed by atoms with van der Waals surface area (Å²) in [7, 11) is 0. The molecule has 0 amide bonds. The Morgan fingerprint density at radius 2 is 0.547 bits per heavy atom. The fraction of sp³-hybridized carbons (Fsp3) is 0.725. The second kappa shape index (κ2) is 62.9. The minimum absolute atomic E-state index is 0.0861. The van der Waals surface area contributed by atoms with Gasteiger partial charge in [-0.1, -0.05) is 266 Å². The molecule has 6 heteroatoms. The third-order valence-electron chi connectivity index (χ3n) is 13.5. The van der Waals surface area contributed by atoms with Crippen LogP contribution in [-0.4, -0.2) is 37.2 Å². The average Bonchev–Trinajstić information content (AvgIpc) is 3.41. The number of hydrogen-bond acceptors (Lipinski definition) is 6. The quantitative estimate of drug-likeness (QED) is 0.0261. The summed E-state index contributed by atoms with van der Waals surface area (Å²) in [5.74, 6) is -0.906. The van der Waals surface area contributed by atoms with Gasteiger partial charge in [-0.05, 0) is 116 Å². The Balaban J connectivity index is 4.23. The Labute approximate surface area is 464 Å². The molecule has 0 fully saturated rings. The van der Waals surface area contributed by atoms with Gasteiger partial charge in [-0.25, -0.2) is 0 Å². The first-order valence-electron chi connectivity index (χ1n) is 31.7. The third kappa shape index (κ3) is 61.1. The Hall–Kier alpha value is -3.67. The number of allylic oxidation sites excluding steroid dienone is 16. The fourth-order valence-corrected chi connectivity index (χ4v) is 8.80. The highest BCUT2D eigenvalue weighted by atomic mass is 16.6. The van der Waals surface area contributed by atoms with E-state index in [1.54, 1.807) is 0 Å². The van der Waals surface area contributed by atoms with Gasteiger partial charge < -0.3 is 14.2 Å². The van der Waals surface area contributed by atoms with Gasteiger partial charge in [0.25, 0.3) is 0 Å². The third-order valence-corrected chi connectivity index (χ3v) is 13.5. The lowest BCUT2D eigenvalue weighted by Crippen LogP contribution is -2.30. The first kappa shape index (κ1) is 71.3. The topological polar surface area (TPSA) is 78.9 Å².